The first-order valence-corrected chi connectivity index (χ1v) is 6.97. The number of anilines is 2. The summed E-state index contributed by atoms with van der Waals surface area (Å²) in [4.78, 5) is 8.31. The van der Waals surface area contributed by atoms with Crippen molar-refractivity contribution < 1.29 is 4.74 Å². The highest BCUT2D eigenvalue weighted by molar-refractivity contribution is 6.30. The monoisotopic (exact) mass is 291 g/mol. The first-order valence-electron chi connectivity index (χ1n) is 6.59. The molecule has 0 saturated heterocycles. The maximum absolute atomic E-state index is 6.11. The van der Waals surface area contributed by atoms with Gasteiger partial charge in [0.2, 0.25) is 0 Å². The third-order valence-electron chi connectivity index (χ3n) is 3.09. The van der Waals surface area contributed by atoms with Crippen LogP contribution in [0.4, 0.5) is 11.5 Å². The molecule has 5 heteroatoms. The lowest BCUT2D eigenvalue weighted by Gasteiger charge is -2.14. The van der Waals surface area contributed by atoms with Gasteiger partial charge in [-0.1, -0.05) is 36.7 Å². The van der Waals surface area contributed by atoms with Crippen LogP contribution in [0, 0.1) is 0 Å². The van der Waals surface area contributed by atoms with Crippen molar-refractivity contribution >= 4 is 23.1 Å². The average molecular weight is 292 g/mol. The fourth-order valence-corrected chi connectivity index (χ4v) is 2.28. The van der Waals surface area contributed by atoms with E-state index in [0.29, 0.717) is 11.8 Å². The largest absolute Gasteiger partial charge is 0.384 e. The Bertz CT molecular complexity index is 575. The SMILES string of the molecule is CCc1c(Cl)ncnc1Nc1ccccc1CCOC. The van der Waals surface area contributed by atoms with Crippen molar-refractivity contribution in [2.24, 2.45) is 0 Å². The second-order valence-corrected chi connectivity index (χ2v) is 4.73. The molecule has 0 aliphatic heterocycles. The minimum absolute atomic E-state index is 0.499. The van der Waals surface area contributed by atoms with Crippen molar-refractivity contribution in [3.05, 3.63) is 46.9 Å². The molecule has 2 aromatic rings. The van der Waals surface area contributed by atoms with E-state index in [-0.39, 0.29) is 0 Å². The number of para-hydroxylation sites is 1. The van der Waals surface area contributed by atoms with Crippen LogP contribution in [0.15, 0.2) is 30.6 Å². The molecule has 4 nitrogen and oxygen atoms in total. The molecular weight excluding hydrogens is 274 g/mol. The minimum Gasteiger partial charge on any atom is -0.384 e. The predicted molar refractivity (Wildman–Crippen MR) is 81.7 cm³/mol. The minimum atomic E-state index is 0.499. The smallest absolute Gasteiger partial charge is 0.138 e. The number of ether oxygens (including phenoxy) is 1. The second kappa shape index (κ2) is 7.22. The van der Waals surface area contributed by atoms with Gasteiger partial charge in [0.15, 0.2) is 0 Å². The fraction of sp³-hybridized carbons (Fsp3) is 0.333. The van der Waals surface area contributed by atoms with Crippen LogP contribution in [0.2, 0.25) is 5.15 Å². The number of rotatable bonds is 6. The maximum atomic E-state index is 6.11. The Labute approximate surface area is 124 Å². The number of methoxy groups -OCH3 is 1. The lowest BCUT2D eigenvalue weighted by Crippen LogP contribution is -2.04. The zero-order valence-electron chi connectivity index (χ0n) is 11.7. The molecule has 0 saturated carbocycles. The molecule has 0 bridgehead atoms. The Balaban J connectivity index is 2.28. The van der Waals surface area contributed by atoms with Crippen LogP contribution in [-0.4, -0.2) is 23.7 Å². The standard InChI is InChI=1S/C15H18ClN3O/c1-3-12-14(16)17-10-18-15(12)19-13-7-5-4-6-11(13)8-9-20-2/h4-7,10H,3,8-9H2,1-2H3,(H,17,18,19). The number of aromatic nitrogens is 2. The van der Waals surface area contributed by atoms with Gasteiger partial charge in [-0.2, -0.15) is 0 Å². The molecule has 0 atom stereocenters. The summed E-state index contributed by atoms with van der Waals surface area (Å²) in [7, 11) is 1.70. The molecule has 1 N–H and O–H groups in total. The van der Waals surface area contributed by atoms with Crippen LogP contribution in [0.25, 0.3) is 0 Å². The molecule has 0 unspecified atom stereocenters. The van der Waals surface area contributed by atoms with E-state index >= 15 is 0 Å². The second-order valence-electron chi connectivity index (χ2n) is 4.37. The molecule has 0 aliphatic rings. The molecule has 1 aromatic heterocycles. The Morgan fingerprint density at radius 3 is 2.80 bits per heavy atom. The van der Waals surface area contributed by atoms with E-state index in [1.807, 2.05) is 25.1 Å². The fourth-order valence-electron chi connectivity index (χ4n) is 2.01. The Morgan fingerprint density at radius 2 is 2.05 bits per heavy atom. The number of benzene rings is 1. The molecule has 1 aromatic carbocycles. The van der Waals surface area contributed by atoms with Crippen molar-refractivity contribution in [2.45, 2.75) is 19.8 Å². The highest BCUT2D eigenvalue weighted by Gasteiger charge is 2.10. The Kier molecular flexibility index (Phi) is 5.32. The van der Waals surface area contributed by atoms with E-state index in [2.05, 4.69) is 21.4 Å². The van der Waals surface area contributed by atoms with Crippen LogP contribution in [0.1, 0.15) is 18.1 Å². The zero-order valence-corrected chi connectivity index (χ0v) is 12.4. The molecule has 0 aliphatic carbocycles. The normalized spacial score (nSPS) is 10.6. The predicted octanol–water partition coefficient (Wildman–Crippen LogP) is 3.62. The van der Waals surface area contributed by atoms with Crippen molar-refractivity contribution in [2.75, 3.05) is 19.0 Å². The molecule has 106 valence electrons. The van der Waals surface area contributed by atoms with Crippen LogP contribution >= 0.6 is 11.6 Å². The van der Waals surface area contributed by atoms with Gasteiger partial charge in [0.25, 0.3) is 0 Å². The molecule has 1 heterocycles. The molecule has 0 fully saturated rings. The van der Waals surface area contributed by atoms with E-state index in [0.717, 1.165) is 29.9 Å². The Hall–Kier alpha value is -1.65. The van der Waals surface area contributed by atoms with E-state index in [9.17, 15) is 0 Å². The van der Waals surface area contributed by atoms with Crippen molar-refractivity contribution in [1.82, 2.24) is 9.97 Å². The summed E-state index contributed by atoms with van der Waals surface area (Å²) < 4.78 is 5.14. The summed E-state index contributed by atoms with van der Waals surface area (Å²) in [6, 6.07) is 8.12. The van der Waals surface area contributed by atoms with Gasteiger partial charge < -0.3 is 10.1 Å². The van der Waals surface area contributed by atoms with Crippen LogP contribution < -0.4 is 5.32 Å². The summed E-state index contributed by atoms with van der Waals surface area (Å²) in [6.07, 6.45) is 3.10. The van der Waals surface area contributed by atoms with Gasteiger partial charge in [-0.25, -0.2) is 9.97 Å². The summed E-state index contributed by atoms with van der Waals surface area (Å²) in [5, 5.41) is 3.85. The van der Waals surface area contributed by atoms with Crippen LogP contribution in [0.3, 0.4) is 0 Å². The van der Waals surface area contributed by atoms with Gasteiger partial charge in [0.05, 0.1) is 6.61 Å². The van der Waals surface area contributed by atoms with Crippen LogP contribution in [0.5, 0.6) is 0 Å². The molecule has 2 rings (SSSR count). The lowest BCUT2D eigenvalue weighted by molar-refractivity contribution is 0.202. The molecule has 20 heavy (non-hydrogen) atoms. The number of halogens is 1. The highest BCUT2D eigenvalue weighted by atomic mass is 35.5. The van der Waals surface area contributed by atoms with Crippen molar-refractivity contribution in [1.29, 1.82) is 0 Å². The van der Waals surface area contributed by atoms with Crippen molar-refractivity contribution in [3.8, 4) is 0 Å². The summed E-state index contributed by atoms with van der Waals surface area (Å²) in [5.74, 6) is 0.761. The number of hydrogen-bond donors (Lipinski definition) is 1. The van der Waals surface area contributed by atoms with E-state index in [1.165, 1.54) is 11.9 Å². The van der Waals surface area contributed by atoms with E-state index in [4.69, 9.17) is 16.3 Å². The first kappa shape index (κ1) is 14.8. The third kappa shape index (κ3) is 3.46. The number of nitrogens with zero attached hydrogens (tertiary/aromatic N) is 2. The topological polar surface area (TPSA) is 47.0 Å². The third-order valence-corrected chi connectivity index (χ3v) is 3.42. The maximum Gasteiger partial charge on any atom is 0.138 e. The van der Waals surface area contributed by atoms with Gasteiger partial charge in [-0.05, 0) is 24.5 Å². The van der Waals surface area contributed by atoms with Gasteiger partial charge in [-0.15, -0.1) is 0 Å². The Morgan fingerprint density at radius 1 is 1.25 bits per heavy atom. The van der Waals surface area contributed by atoms with Gasteiger partial charge in [0.1, 0.15) is 17.3 Å². The first-order chi connectivity index (χ1) is 9.76. The van der Waals surface area contributed by atoms with Gasteiger partial charge in [-0.3, -0.25) is 0 Å². The lowest BCUT2D eigenvalue weighted by atomic mass is 10.1. The summed E-state index contributed by atoms with van der Waals surface area (Å²) in [5.41, 5.74) is 3.14. The van der Waals surface area contributed by atoms with Gasteiger partial charge in [0, 0.05) is 18.4 Å². The highest BCUT2D eigenvalue weighted by Crippen LogP contribution is 2.25. The quantitative estimate of drug-likeness (QED) is 0.826. The molecule has 0 amide bonds. The van der Waals surface area contributed by atoms with E-state index < -0.39 is 0 Å². The molecule has 0 radical (unpaired) electrons. The summed E-state index contributed by atoms with van der Waals surface area (Å²) >= 11 is 6.11. The van der Waals surface area contributed by atoms with E-state index in [1.54, 1.807) is 7.11 Å². The summed E-state index contributed by atoms with van der Waals surface area (Å²) in [6.45, 7) is 2.72. The average Bonchev–Trinajstić information content (AvgIpc) is 2.47. The molecule has 0 spiro atoms. The number of nitrogens with one attached hydrogen (secondary N) is 1. The van der Waals surface area contributed by atoms with Crippen molar-refractivity contribution in [3.63, 3.8) is 0 Å². The number of hydrogen-bond acceptors (Lipinski definition) is 4. The van der Waals surface area contributed by atoms with Crippen LogP contribution in [-0.2, 0) is 17.6 Å². The van der Waals surface area contributed by atoms with Gasteiger partial charge >= 0.3 is 0 Å². The molecular formula is C15H18ClN3O. The zero-order chi connectivity index (χ0) is 14.4.